The first-order valence-electron chi connectivity index (χ1n) is 9.49. The SMILES string of the molecule is Cc1c(C(=O)N2CC3CCC(N)C3C2)nnn1-c1ccc2c(c1)OCCO2.Cl. The highest BCUT2D eigenvalue weighted by Crippen LogP contribution is 2.38. The van der Waals surface area contributed by atoms with E-state index in [0.29, 0.717) is 36.5 Å². The third-order valence-corrected chi connectivity index (χ3v) is 6.07. The summed E-state index contributed by atoms with van der Waals surface area (Å²) in [6, 6.07) is 5.82. The van der Waals surface area contributed by atoms with Gasteiger partial charge in [-0.1, -0.05) is 5.21 Å². The van der Waals surface area contributed by atoms with E-state index in [0.717, 1.165) is 43.1 Å². The van der Waals surface area contributed by atoms with Gasteiger partial charge in [0, 0.05) is 25.2 Å². The molecule has 3 heterocycles. The standard InChI is InChI=1S/C19H23N5O3.ClH/c1-11-18(19(25)23-9-12-2-4-15(20)14(12)10-23)21-22-24(11)13-3-5-16-17(8-13)27-7-6-26-16;/h3,5,8,12,14-15H,2,4,6-7,9-10,20H2,1H3;1H. The summed E-state index contributed by atoms with van der Waals surface area (Å²) in [5, 5.41) is 8.39. The number of nitrogens with zero attached hydrogens (tertiary/aromatic N) is 4. The Balaban J connectivity index is 0.00000192. The van der Waals surface area contributed by atoms with Crippen LogP contribution in [0.2, 0.25) is 0 Å². The fourth-order valence-corrected chi connectivity index (χ4v) is 4.56. The molecule has 2 aliphatic heterocycles. The Hall–Kier alpha value is -2.32. The maximum Gasteiger partial charge on any atom is 0.276 e. The van der Waals surface area contributed by atoms with E-state index in [2.05, 4.69) is 10.3 Å². The molecule has 2 N–H and O–H groups in total. The van der Waals surface area contributed by atoms with Crippen LogP contribution in [0.3, 0.4) is 0 Å². The minimum absolute atomic E-state index is 0. The van der Waals surface area contributed by atoms with E-state index in [-0.39, 0.29) is 24.4 Å². The normalized spacial score (nSPS) is 25.4. The van der Waals surface area contributed by atoms with Crippen LogP contribution in [0, 0.1) is 18.8 Å². The maximum absolute atomic E-state index is 13.0. The molecule has 1 saturated carbocycles. The Kier molecular flexibility index (Phi) is 4.93. The van der Waals surface area contributed by atoms with Gasteiger partial charge >= 0.3 is 0 Å². The molecular formula is C19H24ClN5O3. The Morgan fingerprint density at radius 1 is 1.18 bits per heavy atom. The van der Waals surface area contributed by atoms with E-state index in [9.17, 15) is 4.79 Å². The Labute approximate surface area is 169 Å². The molecular weight excluding hydrogens is 382 g/mol. The summed E-state index contributed by atoms with van der Waals surface area (Å²) in [7, 11) is 0. The van der Waals surface area contributed by atoms with Gasteiger partial charge in [0.05, 0.1) is 11.4 Å². The second kappa shape index (κ2) is 7.25. The van der Waals surface area contributed by atoms with Gasteiger partial charge in [-0.15, -0.1) is 17.5 Å². The predicted octanol–water partition coefficient (Wildman–Crippen LogP) is 1.58. The monoisotopic (exact) mass is 405 g/mol. The fraction of sp³-hybridized carbons (Fsp3) is 0.526. The van der Waals surface area contributed by atoms with E-state index in [4.69, 9.17) is 15.2 Å². The van der Waals surface area contributed by atoms with Gasteiger partial charge in [0.1, 0.15) is 13.2 Å². The lowest BCUT2D eigenvalue weighted by Gasteiger charge is -2.19. The highest BCUT2D eigenvalue weighted by atomic mass is 35.5. The number of amides is 1. The van der Waals surface area contributed by atoms with E-state index in [1.807, 2.05) is 30.0 Å². The van der Waals surface area contributed by atoms with Crippen molar-refractivity contribution in [2.45, 2.75) is 25.8 Å². The number of carbonyl (C=O) groups excluding carboxylic acids is 1. The third kappa shape index (κ3) is 3.00. The van der Waals surface area contributed by atoms with Crippen LogP contribution in [0.15, 0.2) is 18.2 Å². The van der Waals surface area contributed by atoms with Crippen molar-refractivity contribution in [3.8, 4) is 17.2 Å². The summed E-state index contributed by atoms with van der Waals surface area (Å²) in [5.41, 5.74) is 8.11. The minimum atomic E-state index is -0.0575. The molecule has 1 amide bonds. The Morgan fingerprint density at radius 2 is 1.96 bits per heavy atom. The van der Waals surface area contributed by atoms with Crippen LogP contribution in [0.4, 0.5) is 0 Å². The minimum Gasteiger partial charge on any atom is -0.486 e. The fourth-order valence-electron chi connectivity index (χ4n) is 4.56. The molecule has 3 aliphatic rings. The molecule has 2 aromatic rings. The van der Waals surface area contributed by atoms with Gasteiger partial charge in [-0.25, -0.2) is 4.68 Å². The maximum atomic E-state index is 13.0. The molecule has 3 unspecified atom stereocenters. The van der Waals surface area contributed by atoms with Gasteiger partial charge in [0.25, 0.3) is 5.91 Å². The zero-order valence-corrected chi connectivity index (χ0v) is 16.5. The number of nitrogens with two attached hydrogens (primary N) is 1. The average molecular weight is 406 g/mol. The first-order valence-corrected chi connectivity index (χ1v) is 9.49. The predicted molar refractivity (Wildman–Crippen MR) is 104 cm³/mol. The van der Waals surface area contributed by atoms with Crippen molar-refractivity contribution < 1.29 is 14.3 Å². The van der Waals surface area contributed by atoms with Gasteiger partial charge < -0.3 is 20.1 Å². The van der Waals surface area contributed by atoms with Crippen LogP contribution in [0.5, 0.6) is 11.5 Å². The lowest BCUT2D eigenvalue weighted by molar-refractivity contribution is 0.0773. The summed E-state index contributed by atoms with van der Waals surface area (Å²) < 4.78 is 12.9. The molecule has 150 valence electrons. The molecule has 3 atom stereocenters. The number of likely N-dealkylation sites (tertiary alicyclic amines) is 1. The Morgan fingerprint density at radius 3 is 2.75 bits per heavy atom. The number of halogens is 1. The molecule has 5 rings (SSSR count). The number of aromatic nitrogens is 3. The lowest BCUT2D eigenvalue weighted by Crippen LogP contribution is -2.34. The largest absolute Gasteiger partial charge is 0.486 e. The molecule has 28 heavy (non-hydrogen) atoms. The Bertz CT molecular complexity index is 902. The number of carbonyl (C=O) groups is 1. The molecule has 1 aliphatic carbocycles. The van der Waals surface area contributed by atoms with Crippen LogP contribution >= 0.6 is 12.4 Å². The van der Waals surface area contributed by atoms with Gasteiger partial charge in [-0.3, -0.25) is 4.79 Å². The topological polar surface area (TPSA) is 95.5 Å². The summed E-state index contributed by atoms with van der Waals surface area (Å²) in [6.07, 6.45) is 2.18. The molecule has 1 saturated heterocycles. The van der Waals surface area contributed by atoms with Crippen LogP contribution in [0.1, 0.15) is 29.0 Å². The van der Waals surface area contributed by atoms with Crippen molar-refractivity contribution in [1.29, 1.82) is 0 Å². The third-order valence-electron chi connectivity index (χ3n) is 6.07. The number of hydrogen-bond donors (Lipinski definition) is 1. The van der Waals surface area contributed by atoms with Crippen LogP contribution in [-0.4, -0.2) is 58.1 Å². The number of rotatable bonds is 2. The zero-order chi connectivity index (χ0) is 18.5. The molecule has 1 aromatic heterocycles. The number of hydrogen-bond acceptors (Lipinski definition) is 6. The van der Waals surface area contributed by atoms with Crippen LogP contribution in [0.25, 0.3) is 5.69 Å². The van der Waals surface area contributed by atoms with E-state index >= 15 is 0 Å². The average Bonchev–Trinajstić information content (AvgIpc) is 3.37. The van der Waals surface area contributed by atoms with Gasteiger partial charge in [-0.2, -0.15) is 0 Å². The number of benzene rings is 1. The first-order chi connectivity index (χ1) is 13.1. The number of ether oxygens (including phenoxy) is 2. The van der Waals surface area contributed by atoms with Crippen molar-refractivity contribution in [3.63, 3.8) is 0 Å². The van der Waals surface area contributed by atoms with Crippen LogP contribution in [-0.2, 0) is 0 Å². The highest BCUT2D eigenvalue weighted by Gasteiger charge is 2.43. The van der Waals surface area contributed by atoms with Gasteiger partial charge in [0.15, 0.2) is 17.2 Å². The highest BCUT2D eigenvalue weighted by molar-refractivity contribution is 5.93. The quantitative estimate of drug-likeness (QED) is 0.814. The lowest BCUT2D eigenvalue weighted by atomic mass is 9.98. The molecule has 0 bridgehead atoms. The van der Waals surface area contributed by atoms with Crippen molar-refractivity contribution in [2.24, 2.45) is 17.6 Å². The first kappa shape index (κ1) is 19.0. The second-order valence-corrected chi connectivity index (χ2v) is 7.64. The molecule has 8 nitrogen and oxygen atoms in total. The molecule has 2 fully saturated rings. The van der Waals surface area contributed by atoms with Crippen molar-refractivity contribution >= 4 is 18.3 Å². The second-order valence-electron chi connectivity index (χ2n) is 7.64. The van der Waals surface area contributed by atoms with Crippen molar-refractivity contribution in [3.05, 3.63) is 29.6 Å². The van der Waals surface area contributed by atoms with E-state index in [1.54, 1.807) is 4.68 Å². The molecule has 1 aromatic carbocycles. The van der Waals surface area contributed by atoms with E-state index < -0.39 is 0 Å². The van der Waals surface area contributed by atoms with E-state index in [1.165, 1.54) is 0 Å². The zero-order valence-electron chi connectivity index (χ0n) is 15.7. The van der Waals surface area contributed by atoms with Crippen LogP contribution < -0.4 is 15.2 Å². The molecule has 0 spiro atoms. The van der Waals surface area contributed by atoms with Gasteiger partial charge in [-0.05, 0) is 43.7 Å². The molecule has 9 heteroatoms. The molecule has 0 radical (unpaired) electrons. The van der Waals surface area contributed by atoms with Crippen molar-refractivity contribution in [2.75, 3.05) is 26.3 Å². The van der Waals surface area contributed by atoms with Gasteiger partial charge in [0.2, 0.25) is 0 Å². The summed E-state index contributed by atoms with van der Waals surface area (Å²) >= 11 is 0. The summed E-state index contributed by atoms with van der Waals surface area (Å²) in [5.74, 6) is 2.29. The smallest absolute Gasteiger partial charge is 0.276 e. The number of fused-ring (bicyclic) bond motifs is 2. The summed E-state index contributed by atoms with van der Waals surface area (Å²) in [6.45, 7) is 4.44. The van der Waals surface area contributed by atoms with Crippen molar-refractivity contribution in [1.82, 2.24) is 19.9 Å². The summed E-state index contributed by atoms with van der Waals surface area (Å²) in [4.78, 5) is 14.9.